The van der Waals surface area contributed by atoms with Crippen molar-refractivity contribution in [3.63, 3.8) is 0 Å². The normalized spacial score (nSPS) is 12.8. The summed E-state index contributed by atoms with van der Waals surface area (Å²) in [7, 11) is -7.43. The average molecular weight is 336 g/mol. The third kappa shape index (κ3) is 4.16. The zero-order chi connectivity index (χ0) is 16.3. The van der Waals surface area contributed by atoms with E-state index in [4.69, 9.17) is 10.8 Å². The van der Waals surface area contributed by atoms with Gasteiger partial charge in [0.2, 0.25) is 10.0 Å². The van der Waals surface area contributed by atoms with Gasteiger partial charge >= 0.3 is 0 Å². The van der Waals surface area contributed by atoms with Crippen LogP contribution in [0.5, 0.6) is 0 Å². The molecule has 0 heterocycles. The fraction of sp³-hybridized carbons (Fsp3) is 0.500. The van der Waals surface area contributed by atoms with Crippen LogP contribution in [0.2, 0.25) is 0 Å². The van der Waals surface area contributed by atoms with Crippen molar-refractivity contribution in [2.24, 2.45) is 0 Å². The number of aliphatic hydroxyl groups excluding tert-OH is 1. The van der Waals surface area contributed by atoms with Gasteiger partial charge in [-0.3, -0.25) is 0 Å². The second-order valence-electron chi connectivity index (χ2n) is 4.55. The van der Waals surface area contributed by atoms with Gasteiger partial charge in [0.25, 0.3) is 0 Å². The maximum atomic E-state index is 12.5. The zero-order valence-corrected chi connectivity index (χ0v) is 13.6. The molecular formula is C12H20N2O5S2. The molecule has 1 rings (SSSR count). The summed E-state index contributed by atoms with van der Waals surface area (Å²) in [5.74, 6) is 0. The largest absolute Gasteiger partial charge is 0.398 e. The van der Waals surface area contributed by atoms with Crippen molar-refractivity contribution in [2.75, 3.05) is 31.7 Å². The van der Waals surface area contributed by atoms with E-state index in [0.717, 1.165) is 16.6 Å². The Morgan fingerprint density at radius 3 is 2.33 bits per heavy atom. The predicted octanol–water partition coefficient (Wildman–Crippen LogP) is 0.0653. The lowest BCUT2D eigenvalue weighted by Gasteiger charge is -2.21. The first-order valence-electron chi connectivity index (χ1n) is 6.35. The number of anilines is 1. The Hall–Kier alpha value is -1.16. The maximum absolute atomic E-state index is 12.5. The Morgan fingerprint density at radius 2 is 1.86 bits per heavy atom. The number of hydrogen-bond donors (Lipinski definition) is 2. The molecule has 1 aromatic carbocycles. The standard InChI is InChI=1S/C12H20N2O5S2/c1-3-14(7-4-8-15)21(18,19)12-9-10(20(2,16)17)5-6-11(12)13/h5-6,9,15H,3-4,7-8,13H2,1-2H3. The van der Waals surface area contributed by atoms with Crippen molar-refractivity contribution in [2.45, 2.75) is 23.1 Å². The molecule has 0 aliphatic heterocycles. The molecule has 0 aliphatic carbocycles. The van der Waals surface area contributed by atoms with E-state index in [1.54, 1.807) is 6.92 Å². The molecule has 0 unspecified atom stereocenters. The van der Waals surface area contributed by atoms with Crippen molar-refractivity contribution in [3.8, 4) is 0 Å². The van der Waals surface area contributed by atoms with E-state index >= 15 is 0 Å². The highest BCUT2D eigenvalue weighted by molar-refractivity contribution is 7.91. The molecule has 0 radical (unpaired) electrons. The second-order valence-corrected chi connectivity index (χ2v) is 8.47. The first-order chi connectivity index (χ1) is 9.64. The molecule has 120 valence electrons. The molecule has 0 atom stereocenters. The van der Waals surface area contributed by atoms with Crippen LogP contribution < -0.4 is 5.73 Å². The van der Waals surface area contributed by atoms with Gasteiger partial charge in [0.1, 0.15) is 4.90 Å². The molecule has 1 aromatic rings. The van der Waals surface area contributed by atoms with Crippen molar-refractivity contribution < 1.29 is 21.9 Å². The van der Waals surface area contributed by atoms with Gasteiger partial charge in [0.15, 0.2) is 9.84 Å². The molecule has 0 saturated heterocycles. The number of benzene rings is 1. The van der Waals surface area contributed by atoms with Crippen molar-refractivity contribution in [3.05, 3.63) is 18.2 Å². The highest BCUT2D eigenvalue weighted by Gasteiger charge is 2.26. The van der Waals surface area contributed by atoms with Crippen molar-refractivity contribution in [1.29, 1.82) is 0 Å². The van der Waals surface area contributed by atoms with Crippen LogP contribution in [0.25, 0.3) is 0 Å². The molecule has 9 heteroatoms. The summed E-state index contributed by atoms with van der Waals surface area (Å²) >= 11 is 0. The molecule has 0 bridgehead atoms. The monoisotopic (exact) mass is 336 g/mol. The number of nitrogen functional groups attached to an aromatic ring is 1. The molecule has 0 saturated carbocycles. The molecule has 0 spiro atoms. The Bertz CT molecular complexity index is 698. The number of nitrogens with two attached hydrogens (primary N) is 1. The Morgan fingerprint density at radius 1 is 1.24 bits per heavy atom. The first kappa shape index (κ1) is 17.9. The summed E-state index contributed by atoms with van der Waals surface area (Å²) in [5.41, 5.74) is 5.68. The van der Waals surface area contributed by atoms with Crippen molar-refractivity contribution in [1.82, 2.24) is 4.31 Å². The molecule has 3 N–H and O–H groups in total. The number of nitrogens with zero attached hydrogens (tertiary/aromatic N) is 1. The van der Waals surface area contributed by atoms with Gasteiger partial charge in [-0.05, 0) is 24.6 Å². The summed E-state index contributed by atoms with van der Waals surface area (Å²) in [6.07, 6.45) is 1.29. The number of sulfonamides is 1. The molecule has 7 nitrogen and oxygen atoms in total. The first-order valence-corrected chi connectivity index (χ1v) is 9.68. The SMILES string of the molecule is CCN(CCCO)S(=O)(=O)c1cc(S(C)(=O)=O)ccc1N. The van der Waals surface area contributed by atoms with Gasteiger partial charge in [-0.25, -0.2) is 16.8 Å². The van der Waals surface area contributed by atoms with Crippen LogP contribution in [-0.2, 0) is 19.9 Å². The van der Waals surface area contributed by atoms with Crippen LogP contribution >= 0.6 is 0 Å². The molecule has 0 aliphatic rings. The third-order valence-corrected chi connectivity index (χ3v) is 6.09. The van der Waals surface area contributed by atoms with E-state index in [0.29, 0.717) is 6.42 Å². The Balaban J connectivity index is 3.36. The van der Waals surface area contributed by atoms with Crippen LogP contribution in [-0.4, -0.2) is 52.2 Å². The minimum Gasteiger partial charge on any atom is -0.398 e. The van der Waals surface area contributed by atoms with E-state index in [-0.39, 0.29) is 35.2 Å². The fourth-order valence-electron chi connectivity index (χ4n) is 1.80. The lowest BCUT2D eigenvalue weighted by molar-refractivity contribution is 0.271. The molecule has 21 heavy (non-hydrogen) atoms. The predicted molar refractivity (Wildman–Crippen MR) is 80.1 cm³/mol. The van der Waals surface area contributed by atoms with Crippen LogP contribution in [0.3, 0.4) is 0 Å². The number of sulfone groups is 1. The lowest BCUT2D eigenvalue weighted by Crippen LogP contribution is -2.32. The van der Waals surface area contributed by atoms with Gasteiger partial charge in [-0.1, -0.05) is 6.92 Å². The fourth-order valence-corrected chi connectivity index (χ4v) is 4.15. The van der Waals surface area contributed by atoms with E-state index < -0.39 is 19.9 Å². The minimum absolute atomic E-state index is 0.00940. The number of aliphatic hydroxyl groups is 1. The van der Waals surface area contributed by atoms with E-state index in [9.17, 15) is 16.8 Å². The van der Waals surface area contributed by atoms with Gasteiger partial charge in [0, 0.05) is 26.0 Å². The van der Waals surface area contributed by atoms with Crippen LogP contribution in [0.15, 0.2) is 28.0 Å². The molecule has 0 aromatic heterocycles. The number of hydrogen-bond acceptors (Lipinski definition) is 6. The molecule has 0 amide bonds. The molecular weight excluding hydrogens is 316 g/mol. The molecule has 0 fully saturated rings. The number of rotatable bonds is 7. The van der Waals surface area contributed by atoms with Gasteiger partial charge in [0.05, 0.1) is 10.6 Å². The third-order valence-electron chi connectivity index (χ3n) is 2.95. The summed E-state index contributed by atoms with van der Waals surface area (Å²) in [4.78, 5) is -0.335. The quantitative estimate of drug-likeness (QED) is 0.680. The minimum atomic E-state index is -3.90. The van der Waals surface area contributed by atoms with Gasteiger partial charge < -0.3 is 10.8 Å². The van der Waals surface area contributed by atoms with Crippen LogP contribution in [0, 0.1) is 0 Å². The summed E-state index contributed by atoms with van der Waals surface area (Å²) in [6, 6.07) is 3.61. The summed E-state index contributed by atoms with van der Waals surface area (Å²) in [5, 5.41) is 8.83. The highest BCUT2D eigenvalue weighted by atomic mass is 32.2. The van der Waals surface area contributed by atoms with E-state index in [1.807, 2.05) is 0 Å². The Kier molecular flexibility index (Phi) is 5.74. The highest BCUT2D eigenvalue weighted by Crippen LogP contribution is 2.25. The summed E-state index contributed by atoms with van der Waals surface area (Å²) < 4.78 is 49.3. The summed E-state index contributed by atoms with van der Waals surface area (Å²) in [6.45, 7) is 1.86. The average Bonchev–Trinajstić information content (AvgIpc) is 2.38. The zero-order valence-electron chi connectivity index (χ0n) is 12.0. The second kappa shape index (κ2) is 6.73. The van der Waals surface area contributed by atoms with E-state index in [1.165, 1.54) is 12.1 Å². The smallest absolute Gasteiger partial charge is 0.245 e. The van der Waals surface area contributed by atoms with E-state index in [2.05, 4.69) is 0 Å². The van der Waals surface area contributed by atoms with Crippen LogP contribution in [0.1, 0.15) is 13.3 Å². The lowest BCUT2D eigenvalue weighted by atomic mass is 10.3. The maximum Gasteiger partial charge on any atom is 0.245 e. The van der Waals surface area contributed by atoms with Gasteiger partial charge in [-0.15, -0.1) is 0 Å². The van der Waals surface area contributed by atoms with Crippen LogP contribution in [0.4, 0.5) is 5.69 Å². The topological polar surface area (TPSA) is 118 Å². The van der Waals surface area contributed by atoms with Crippen molar-refractivity contribution >= 4 is 25.5 Å². The van der Waals surface area contributed by atoms with Gasteiger partial charge in [-0.2, -0.15) is 4.31 Å². The Labute approximate surface area is 125 Å².